The third-order valence-electron chi connectivity index (χ3n) is 0. The molecule has 0 aliphatic carbocycles. The standard InChI is InChI=1S/4C2H4O2.Fe.Mn/c4*1-2(3)4;;/h4*1H3,(H,3,4);;. The van der Waals surface area contributed by atoms with Crippen LogP contribution in [0, 0.1) is 0 Å². The van der Waals surface area contributed by atoms with Gasteiger partial charge in [0.25, 0.3) is 23.9 Å². The van der Waals surface area contributed by atoms with Crippen LogP contribution in [0.15, 0.2) is 0 Å². The summed E-state index contributed by atoms with van der Waals surface area (Å²) in [6, 6.07) is 0. The molecule has 8 nitrogen and oxygen atoms in total. The molecule has 0 fully saturated rings. The van der Waals surface area contributed by atoms with Gasteiger partial charge in [-0.1, -0.05) is 0 Å². The Morgan fingerprint density at radius 2 is 0.556 bits per heavy atom. The quantitative estimate of drug-likeness (QED) is 0.457. The van der Waals surface area contributed by atoms with Gasteiger partial charge in [-0.15, -0.1) is 0 Å². The Morgan fingerprint density at radius 1 is 0.556 bits per heavy atom. The van der Waals surface area contributed by atoms with Crippen LogP contribution in [-0.4, -0.2) is 44.3 Å². The van der Waals surface area contributed by atoms with E-state index in [1.807, 2.05) is 0 Å². The molecule has 1 radical (unpaired) electrons. The molecule has 18 heavy (non-hydrogen) atoms. The van der Waals surface area contributed by atoms with Crippen LogP contribution < -0.4 is 0 Å². The number of hydrogen-bond donors (Lipinski definition) is 4. The molecule has 111 valence electrons. The van der Waals surface area contributed by atoms with Crippen molar-refractivity contribution in [3.8, 4) is 0 Å². The van der Waals surface area contributed by atoms with Crippen LogP contribution in [0.25, 0.3) is 0 Å². The summed E-state index contributed by atoms with van der Waals surface area (Å²) in [5.41, 5.74) is 0. The van der Waals surface area contributed by atoms with Gasteiger partial charge in [-0.2, -0.15) is 0 Å². The van der Waals surface area contributed by atoms with E-state index in [0.29, 0.717) is 0 Å². The maximum atomic E-state index is 9.00. The second-order valence-corrected chi connectivity index (χ2v) is 2.08. The van der Waals surface area contributed by atoms with Gasteiger partial charge in [-0.3, -0.25) is 19.2 Å². The molecule has 0 rings (SSSR count). The number of hydrogen-bond acceptors (Lipinski definition) is 4. The number of carbonyl (C=O) groups is 4. The normalized spacial score (nSPS) is 5.56. The fourth-order valence-corrected chi connectivity index (χ4v) is 0. The van der Waals surface area contributed by atoms with Crippen molar-refractivity contribution >= 4 is 23.9 Å². The Morgan fingerprint density at radius 3 is 0.556 bits per heavy atom. The molecule has 0 amide bonds. The van der Waals surface area contributed by atoms with Crippen LogP contribution in [0.1, 0.15) is 27.7 Å². The molecule has 0 aromatic carbocycles. The van der Waals surface area contributed by atoms with E-state index in [2.05, 4.69) is 0 Å². The minimum absolute atomic E-state index is 0. The van der Waals surface area contributed by atoms with Gasteiger partial charge >= 0.3 is 0 Å². The van der Waals surface area contributed by atoms with Crippen molar-refractivity contribution in [2.75, 3.05) is 0 Å². The average Bonchev–Trinajstić information content (AvgIpc) is 1.76. The summed E-state index contributed by atoms with van der Waals surface area (Å²) in [6.45, 7) is 4.33. The summed E-state index contributed by atoms with van der Waals surface area (Å²) >= 11 is 0. The second kappa shape index (κ2) is 29.7. The number of carboxylic acids is 4. The number of carboxylic acid groups (broad SMARTS) is 4. The van der Waals surface area contributed by atoms with Gasteiger partial charge in [-0.05, 0) is 0 Å². The number of aliphatic carboxylic acids is 4. The van der Waals surface area contributed by atoms with E-state index in [9.17, 15) is 0 Å². The first-order chi connectivity index (χ1) is 6.93. The Kier molecular flexibility index (Phi) is 59.4. The van der Waals surface area contributed by atoms with Crippen LogP contribution in [0.3, 0.4) is 0 Å². The van der Waals surface area contributed by atoms with Crippen molar-refractivity contribution in [1.82, 2.24) is 0 Å². The third-order valence-corrected chi connectivity index (χ3v) is 0. The zero-order valence-electron chi connectivity index (χ0n) is 10.2. The van der Waals surface area contributed by atoms with E-state index in [0.717, 1.165) is 27.7 Å². The van der Waals surface area contributed by atoms with Gasteiger partial charge in [0.2, 0.25) is 0 Å². The smallest absolute Gasteiger partial charge is 0.300 e. The third kappa shape index (κ3) is 2470. The molecule has 0 aromatic rings. The Labute approximate surface area is 125 Å². The largest absolute Gasteiger partial charge is 0.481 e. The molecule has 0 unspecified atom stereocenters. The van der Waals surface area contributed by atoms with E-state index >= 15 is 0 Å². The molecule has 0 saturated heterocycles. The zero-order chi connectivity index (χ0) is 14.3. The van der Waals surface area contributed by atoms with Crippen molar-refractivity contribution in [2.24, 2.45) is 0 Å². The first-order valence-electron chi connectivity index (χ1n) is 3.71. The van der Waals surface area contributed by atoms with Crippen molar-refractivity contribution in [3.05, 3.63) is 0 Å². The first kappa shape index (κ1) is 36.0. The van der Waals surface area contributed by atoms with Gasteiger partial charge in [0.1, 0.15) is 0 Å². The molecule has 0 atom stereocenters. The molecule has 0 saturated carbocycles. The minimum Gasteiger partial charge on any atom is -0.481 e. The number of rotatable bonds is 0. The molecule has 0 aliphatic rings. The molecule has 4 N–H and O–H groups in total. The van der Waals surface area contributed by atoms with Crippen molar-refractivity contribution < 1.29 is 73.7 Å². The molecule has 0 aromatic heterocycles. The predicted octanol–water partition coefficient (Wildman–Crippen LogP) is 0.359. The summed E-state index contributed by atoms with van der Waals surface area (Å²) in [7, 11) is 0. The fourth-order valence-electron chi connectivity index (χ4n) is 0. The van der Waals surface area contributed by atoms with E-state index in [4.69, 9.17) is 39.6 Å². The minimum atomic E-state index is -0.833. The van der Waals surface area contributed by atoms with Gasteiger partial charge in [-0.25, -0.2) is 0 Å². The molecular weight excluding hydrogens is 335 g/mol. The average molecular weight is 351 g/mol. The van der Waals surface area contributed by atoms with Gasteiger partial charge in [0.05, 0.1) is 0 Å². The van der Waals surface area contributed by atoms with Crippen LogP contribution in [0.5, 0.6) is 0 Å². The van der Waals surface area contributed by atoms with E-state index in [-0.39, 0.29) is 34.1 Å². The Bertz CT molecular complexity index is 167. The molecule has 0 spiro atoms. The Balaban J connectivity index is -0.0000000257. The maximum absolute atomic E-state index is 9.00. The Hall–Kier alpha value is -1.08. The van der Waals surface area contributed by atoms with Crippen LogP contribution >= 0.6 is 0 Å². The molecule has 0 heterocycles. The molecule has 0 aliphatic heterocycles. The molecular formula is C8H16FeMnO8. The van der Waals surface area contributed by atoms with Crippen molar-refractivity contribution in [2.45, 2.75) is 27.7 Å². The fraction of sp³-hybridized carbons (Fsp3) is 0.500. The first-order valence-corrected chi connectivity index (χ1v) is 3.71. The van der Waals surface area contributed by atoms with E-state index in [1.54, 1.807) is 0 Å². The SMILES string of the molecule is CC(=O)O.CC(=O)O.CC(=O)O.CC(=O)O.[Fe].[Mn]. The van der Waals surface area contributed by atoms with Gasteiger partial charge in [0.15, 0.2) is 0 Å². The summed E-state index contributed by atoms with van der Waals surface area (Å²) in [5, 5.41) is 29.7. The molecule has 10 heteroatoms. The van der Waals surface area contributed by atoms with Crippen molar-refractivity contribution in [1.29, 1.82) is 0 Å². The topological polar surface area (TPSA) is 149 Å². The zero-order valence-corrected chi connectivity index (χ0v) is 12.4. The van der Waals surface area contributed by atoms with E-state index < -0.39 is 23.9 Å². The summed E-state index contributed by atoms with van der Waals surface area (Å²) in [6.07, 6.45) is 0. The van der Waals surface area contributed by atoms with Crippen LogP contribution in [0.2, 0.25) is 0 Å². The van der Waals surface area contributed by atoms with Gasteiger partial charge < -0.3 is 20.4 Å². The summed E-state index contributed by atoms with van der Waals surface area (Å²) in [4.78, 5) is 36.0. The monoisotopic (exact) mass is 351 g/mol. The summed E-state index contributed by atoms with van der Waals surface area (Å²) < 4.78 is 0. The van der Waals surface area contributed by atoms with Crippen LogP contribution in [-0.2, 0) is 53.3 Å². The summed E-state index contributed by atoms with van der Waals surface area (Å²) in [5.74, 6) is -3.33. The van der Waals surface area contributed by atoms with Crippen molar-refractivity contribution in [3.63, 3.8) is 0 Å². The van der Waals surface area contributed by atoms with E-state index in [1.165, 1.54) is 0 Å². The second-order valence-electron chi connectivity index (χ2n) is 2.08. The maximum Gasteiger partial charge on any atom is 0.300 e. The van der Waals surface area contributed by atoms with Gasteiger partial charge in [0, 0.05) is 61.8 Å². The van der Waals surface area contributed by atoms with Crippen LogP contribution in [0.4, 0.5) is 0 Å². The predicted molar refractivity (Wildman–Crippen MR) is 53.2 cm³/mol. The molecule has 0 bridgehead atoms.